The third-order valence-electron chi connectivity index (χ3n) is 7.81. The van der Waals surface area contributed by atoms with Gasteiger partial charge in [-0.2, -0.15) is 10.5 Å². The average Bonchev–Trinajstić information content (AvgIpc) is 3.36. The molecule has 0 N–H and O–H groups in total. The van der Waals surface area contributed by atoms with Crippen LogP contribution in [0.15, 0.2) is 121 Å². The van der Waals surface area contributed by atoms with Crippen LogP contribution in [0.1, 0.15) is 11.1 Å². The van der Waals surface area contributed by atoms with Crippen LogP contribution in [0.2, 0.25) is 0 Å². The number of para-hydroxylation sites is 4. The molecule has 190 valence electrons. The Morgan fingerprint density at radius 1 is 0.488 bits per heavy atom. The highest BCUT2D eigenvalue weighted by Crippen LogP contribution is 2.53. The lowest BCUT2D eigenvalue weighted by Gasteiger charge is -2.34. The van der Waals surface area contributed by atoms with Gasteiger partial charge in [-0.25, -0.2) is 0 Å². The number of aromatic nitrogens is 1. The normalized spacial score (nSPS) is 12.0. The third kappa shape index (κ3) is 3.34. The van der Waals surface area contributed by atoms with Crippen LogP contribution in [-0.2, 0) is 0 Å². The molecule has 0 radical (unpaired) electrons. The fraction of sp³-hybridized carbons (Fsp3) is 0. The Hall–Kier alpha value is -6.04. The maximum Gasteiger partial charge on any atom is 0.152 e. The van der Waals surface area contributed by atoms with E-state index in [1.54, 1.807) is 0 Å². The van der Waals surface area contributed by atoms with Crippen LogP contribution in [-0.4, -0.2) is 4.57 Å². The first-order valence-electron chi connectivity index (χ1n) is 13.3. The summed E-state index contributed by atoms with van der Waals surface area (Å²) in [5.74, 6) is 1.43. The van der Waals surface area contributed by atoms with E-state index >= 15 is 0 Å². The lowest BCUT2D eigenvalue weighted by molar-refractivity contribution is 0.477. The van der Waals surface area contributed by atoms with Crippen molar-refractivity contribution in [2.45, 2.75) is 0 Å². The van der Waals surface area contributed by atoms with Crippen LogP contribution in [0.25, 0.3) is 38.3 Å². The Kier molecular flexibility index (Phi) is 4.88. The lowest BCUT2D eigenvalue weighted by atomic mass is 10.0. The van der Waals surface area contributed by atoms with Crippen LogP contribution < -0.4 is 9.64 Å². The molecule has 0 aliphatic carbocycles. The number of nitrogens with zero attached hydrogens (tertiary/aromatic N) is 4. The predicted molar refractivity (Wildman–Crippen MR) is 162 cm³/mol. The molecule has 0 bridgehead atoms. The molecule has 41 heavy (non-hydrogen) atoms. The van der Waals surface area contributed by atoms with E-state index in [9.17, 15) is 10.5 Å². The standard InChI is InChI=1S/C36H20N4O/c37-21-25-18-32(39-29-13-5-3-11-27(29)28-12-4-6-14-30(28)39)33(19-26(25)22-38)40-31-15-7-8-16-35(31)41-36-20-24-10-2-1-9-23(24)17-34(36)40/h1-20H. The zero-order chi connectivity index (χ0) is 27.5. The number of benzene rings is 6. The van der Waals surface area contributed by atoms with E-state index < -0.39 is 0 Å². The van der Waals surface area contributed by atoms with Crippen LogP contribution in [0.3, 0.4) is 0 Å². The summed E-state index contributed by atoms with van der Waals surface area (Å²) in [6.07, 6.45) is 0. The molecule has 2 heterocycles. The molecule has 8 rings (SSSR count). The topological polar surface area (TPSA) is 65.0 Å². The van der Waals surface area contributed by atoms with Crippen molar-refractivity contribution in [1.82, 2.24) is 4.57 Å². The fourth-order valence-corrected chi connectivity index (χ4v) is 6.00. The van der Waals surface area contributed by atoms with Crippen molar-refractivity contribution >= 4 is 49.6 Å². The molecule has 0 saturated heterocycles. The Morgan fingerprint density at radius 2 is 1.05 bits per heavy atom. The van der Waals surface area contributed by atoms with E-state index in [4.69, 9.17) is 4.74 Å². The molecule has 1 aromatic heterocycles. The highest BCUT2D eigenvalue weighted by molar-refractivity contribution is 6.10. The van der Waals surface area contributed by atoms with Crippen molar-refractivity contribution in [3.63, 3.8) is 0 Å². The van der Waals surface area contributed by atoms with E-state index in [1.165, 1.54) is 0 Å². The van der Waals surface area contributed by atoms with Crippen molar-refractivity contribution in [3.05, 3.63) is 132 Å². The van der Waals surface area contributed by atoms with Gasteiger partial charge in [-0.3, -0.25) is 0 Å². The molecule has 5 heteroatoms. The van der Waals surface area contributed by atoms with Crippen molar-refractivity contribution in [2.24, 2.45) is 0 Å². The first-order valence-corrected chi connectivity index (χ1v) is 13.3. The fourth-order valence-electron chi connectivity index (χ4n) is 6.00. The summed E-state index contributed by atoms with van der Waals surface area (Å²) in [6, 6.07) is 45.0. The maximum atomic E-state index is 10.1. The average molecular weight is 525 g/mol. The summed E-state index contributed by atoms with van der Waals surface area (Å²) in [6.45, 7) is 0. The second-order valence-electron chi connectivity index (χ2n) is 10.1. The van der Waals surface area contributed by atoms with Gasteiger partial charge in [0.25, 0.3) is 0 Å². The van der Waals surface area contributed by atoms with Crippen LogP contribution >= 0.6 is 0 Å². The summed E-state index contributed by atoms with van der Waals surface area (Å²) < 4.78 is 8.64. The molecule has 0 amide bonds. The van der Waals surface area contributed by atoms with Crippen molar-refractivity contribution in [2.75, 3.05) is 4.90 Å². The molecule has 5 nitrogen and oxygen atoms in total. The minimum Gasteiger partial charge on any atom is -0.453 e. The molecule has 7 aromatic rings. The quantitative estimate of drug-likeness (QED) is 0.226. The van der Waals surface area contributed by atoms with Crippen molar-refractivity contribution in [1.29, 1.82) is 10.5 Å². The second kappa shape index (κ2) is 8.74. The summed E-state index contributed by atoms with van der Waals surface area (Å²) >= 11 is 0. The van der Waals surface area contributed by atoms with Gasteiger partial charge >= 0.3 is 0 Å². The van der Waals surface area contributed by atoms with Gasteiger partial charge in [-0.05, 0) is 59.3 Å². The smallest absolute Gasteiger partial charge is 0.152 e. The van der Waals surface area contributed by atoms with Gasteiger partial charge < -0.3 is 14.2 Å². The van der Waals surface area contributed by atoms with Crippen molar-refractivity contribution < 1.29 is 4.74 Å². The molecule has 6 aromatic carbocycles. The molecule has 0 atom stereocenters. The van der Waals surface area contributed by atoms with E-state index in [-0.39, 0.29) is 0 Å². The van der Waals surface area contributed by atoms with Gasteiger partial charge in [-0.1, -0.05) is 72.8 Å². The van der Waals surface area contributed by atoms with Gasteiger partial charge in [0.1, 0.15) is 12.1 Å². The summed E-state index contributed by atoms with van der Waals surface area (Å²) in [4.78, 5) is 2.15. The SMILES string of the molecule is N#Cc1cc(N2c3ccccc3Oc3cc4ccccc4cc32)c(-n2c3ccccc3c3ccccc32)cc1C#N. The lowest BCUT2D eigenvalue weighted by Crippen LogP contribution is -2.18. The van der Waals surface area contributed by atoms with Gasteiger partial charge in [0.2, 0.25) is 0 Å². The van der Waals surface area contributed by atoms with E-state index in [1.807, 2.05) is 72.8 Å². The Morgan fingerprint density at radius 3 is 1.73 bits per heavy atom. The Balaban J connectivity index is 1.52. The Labute approximate surface area is 235 Å². The Bertz CT molecular complexity index is 2230. The van der Waals surface area contributed by atoms with Crippen LogP contribution in [0, 0.1) is 22.7 Å². The first-order chi connectivity index (χ1) is 20.2. The summed E-state index contributed by atoms with van der Waals surface area (Å²) in [7, 11) is 0. The molecule has 1 aliphatic heterocycles. The molecule has 0 fully saturated rings. The van der Waals surface area contributed by atoms with E-state index in [0.29, 0.717) is 16.9 Å². The number of fused-ring (bicyclic) bond motifs is 6. The van der Waals surface area contributed by atoms with E-state index in [0.717, 1.165) is 61.1 Å². The van der Waals surface area contributed by atoms with Gasteiger partial charge in [0.15, 0.2) is 11.5 Å². The molecular weight excluding hydrogens is 504 g/mol. The monoisotopic (exact) mass is 524 g/mol. The molecule has 0 spiro atoms. The number of hydrogen-bond donors (Lipinski definition) is 0. The van der Waals surface area contributed by atoms with Gasteiger partial charge in [-0.15, -0.1) is 0 Å². The first kappa shape index (κ1) is 22.9. The zero-order valence-corrected chi connectivity index (χ0v) is 21.7. The largest absolute Gasteiger partial charge is 0.453 e. The maximum absolute atomic E-state index is 10.1. The third-order valence-corrected chi connectivity index (χ3v) is 7.81. The van der Waals surface area contributed by atoms with Crippen LogP contribution in [0.5, 0.6) is 11.5 Å². The molecule has 0 saturated carbocycles. The molecular formula is C36H20N4O. The van der Waals surface area contributed by atoms with Crippen LogP contribution in [0.4, 0.5) is 17.1 Å². The number of anilines is 3. The minimum atomic E-state index is 0.318. The van der Waals surface area contributed by atoms with Gasteiger partial charge in [0.05, 0.1) is 44.9 Å². The molecule has 0 unspecified atom stereocenters. The number of ether oxygens (including phenoxy) is 1. The van der Waals surface area contributed by atoms with Crippen molar-refractivity contribution in [3.8, 4) is 29.3 Å². The highest BCUT2D eigenvalue weighted by Gasteiger charge is 2.30. The number of nitriles is 2. The summed E-state index contributed by atoms with van der Waals surface area (Å²) in [5, 5.41) is 24.6. The minimum absolute atomic E-state index is 0.318. The van der Waals surface area contributed by atoms with E-state index in [2.05, 4.69) is 70.1 Å². The number of rotatable bonds is 2. The number of hydrogen-bond acceptors (Lipinski definition) is 4. The predicted octanol–water partition coefficient (Wildman–Crippen LogP) is 9.26. The van der Waals surface area contributed by atoms with Gasteiger partial charge in [0, 0.05) is 10.8 Å². The summed E-state index contributed by atoms with van der Waals surface area (Å²) in [5.41, 5.74) is 5.97. The highest BCUT2D eigenvalue weighted by atomic mass is 16.5. The zero-order valence-electron chi connectivity index (χ0n) is 21.7. The molecule has 1 aliphatic rings. The second-order valence-corrected chi connectivity index (χ2v) is 10.1.